The van der Waals surface area contributed by atoms with Crippen molar-refractivity contribution in [2.75, 3.05) is 17.3 Å². The molecule has 1 aromatic heterocycles. The highest BCUT2D eigenvalue weighted by Gasteiger charge is 2.04. The van der Waals surface area contributed by atoms with Gasteiger partial charge in [-0.3, -0.25) is 0 Å². The largest absolute Gasteiger partial charge is 0.383 e. The number of nitrogen functional groups attached to an aromatic ring is 1. The number of halogens is 1. The van der Waals surface area contributed by atoms with Crippen molar-refractivity contribution in [1.29, 1.82) is 0 Å². The van der Waals surface area contributed by atoms with E-state index in [1.165, 1.54) is 11.8 Å². The average Bonchev–Trinajstić information content (AvgIpc) is 2.31. The number of nitrogens with one attached hydrogen (secondary N) is 1. The molecule has 0 spiro atoms. The third kappa shape index (κ3) is 3.22. The van der Waals surface area contributed by atoms with Gasteiger partial charge in [-0.25, -0.2) is 9.97 Å². The Kier molecular flexibility index (Phi) is 4.06. The van der Waals surface area contributed by atoms with E-state index in [2.05, 4.69) is 37.9 Å². The quantitative estimate of drug-likeness (QED) is 0.502. The Labute approximate surface area is 118 Å². The number of para-hydroxylation sites is 1. The Balaban J connectivity index is 2.30. The minimum absolute atomic E-state index is 0.470. The Bertz CT molecular complexity index is 533. The lowest BCUT2D eigenvalue weighted by Crippen LogP contribution is -2.00. The molecule has 0 radical (unpaired) electrons. The fourth-order valence-corrected chi connectivity index (χ4v) is 2.21. The number of rotatable bonds is 3. The van der Waals surface area contributed by atoms with Gasteiger partial charge >= 0.3 is 0 Å². The van der Waals surface area contributed by atoms with E-state index >= 15 is 0 Å². The highest BCUT2D eigenvalue weighted by atomic mass is 127. The molecule has 0 amide bonds. The maximum atomic E-state index is 5.72. The number of hydrogen-bond acceptors (Lipinski definition) is 5. The molecule has 0 aliphatic rings. The Morgan fingerprint density at radius 3 is 2.76 bits per heavy atom. The Morgan fingerprint density at radius 2 is 2.06 bits per heavy atom. The molecule has 0 unspecified atom stereocenters. The standard InChI is InChI=1S/C11H11IN4S/c1-17-11-15-9(13)6-10(16-11)14-8-5-3-2-4-7(8)12/h2-6H,1H3,(H3,13,14,15,16). The number of benzene rings is 1. The fourth-order valence-electron chi connectivity index (χ4n) is 1.30. The van der Waals surface area contributed by atoms with Crippen LogP contribution >= 0.6 is 34.4 Å². The second-order valence-corrected chi connectivity index (χ2v) is 5.21. The third-order valence-corrected chi connectivity index (χ3v) is 3.53. The van der Waals surface area contributed by atoms with E-state index in [-0.39, 0.29) is 0 Å². The highest BCUT2D eigenvalue weighted by Crippen LogP contribution is 2.23. The van der Waals surface area contributed by atoms with E-state index in [4.69, 9.17) is 5.73 Å². The minimum atomic E-state index is 0.470. The van der Waals surface area contributed by atoms with Gasteiger partial charge in [0, 0.05) is 9.64 Å². The molecule has 6 heteroatoms. The van der Waals surface area contributed by atoms with Gasteiger partial charge in [-0.15, -0.1) is 0 Å². The first-order chi connectivity index (χ1) is 8.19. The van der Waals surface area contributed by atoms with Gasteiger partial charge in [0.2, 0.25) is 0 Å². The molecule has 0 saturated carbocycles. The number of aromatic nitrogens is 2. The van der Waals surface area contributed by atoms with Gasteiger partial charge < -0.3 is 11.1 Å². The van der Waals surface area contributed by atoms with Crippen LogP contribution in [0.4, 0.5) is 17.3 Å². The fraction of sp³-hybridized carbons (Fsp3) is 0.0909. The summed E-state index contributed by atoms with van der Waals surface area (Å²) in [5.41, 5.74) is 6.73. The van der Waals surface area contributed by atoms with Gasteiger partial charge in [0.15, 0.2) is 5.16 Å². The number of nitrogens with two attached hydrogens (primary N) is 1. The molecule has 3 N–H and O–H groups in total. The van der Waals surface area contributed by atoms with Crippen LogP contribution in [0.15, 0.2) is 35.5 Å². The Morgan fingerprint density at radius 1 is 1.29 bits per heavy atom. The van der Waals surface area contributed by atoms with Gasteiger partial charge in [-0.05, 0) is 41.0 Å². The van der Waals surface area contributed by atoms with Crippen LogP contribution in [0.5, 0.6) is 0 Å². The molecule has 2 rings (SSSR count). The van der Waals surface area contributed by atoms with Gasteiger partial charge in [0.25, 0.3) is 0 Å². The maximum absolute atomic E-state index is 5.72. The first-order valence-corrected chi connectivity index (χ1v) is 7.19. The van der Waals surface area contributed by atoms with Gasteiger partial charge in [0.1, 0.15) is 11.6 Å². The van der Waals surface area contributed by atoms with Crippen LogP contribution in [0.25, 0.3) is 0 Å². The van der Waals surface area contributed by atoms with Crippen LogP contribution in [0, 0.1) is 3.57 Å². The van der Waals surface area contributed by atoms with E-state index in [1.54, 1.807) is 6.07 Å². The van der Waals surface area contributed by atoms with Gasteiger partial charge in [-0.2, -0.15) is 0 Å². The van der Waals surface area contributed by atoms with E-state index < -0.39 is 0 Å². The lowest BCUT2D eigenvalue weighted by atomic mass is 10.3. The van der Waals surface area contributed by atoms with Crippen molar-refractivity contribution in [1.82, 2.24) is 9.97 Å². The summed E-state index contributed by atoms with van der Waals surface area (Å²) in [4.78, 5) is 8.45. The van der Waals surface area contributed by atoms with E-state index in [0.29, 0.717) is 16.8 Å². The normalized spacial score (nSPS) is 10.2. The lowest BCUT2D eigenvalue weighted by molar-refractivity contribution is 0.984. The summed E-state index contributed by atoms with van der Waals surface area (Å²) in [6, 6.07) is 9.73. The summed E-state index contributed by atoms with van der Waals surface area (Å²) in [6.45, 7) is 0. The number of thioether (sulfide) groups is 1. The molecule has 1 heterocycles. The molecule has 88 valence electrons. The smallest absolute Gasteiger partial charge is 0.191 e. The average molecular weight is 358 g/mol. The highest BCUT2D eigenvalue weighted by molar-refractivity contribution is 14.1. The molecular weight excluding hydrogens is 347 g/mol. The molecule has 2 aromatic rings. The maximum Gasteiger partial charge on any atom is 0.191 e. The second kappa shape index (κ2) is 5.54. The summed E-state index contributed by atoms with van der Waals surface area (Å²) in [5.74, 6) is 1.18. The van der Waals surface area contributed by atoms with Crippen molar-refractivity contribution in [3.05, 3.63) is 33.9 Å². The lowest BCUT2D eigenvalue weighted by Gasteiger charge is -2.08. The van der Waals surface area contributed by atoms with E-state index in [0.717, 1.165) is 9.26 Å². The predicted octanol–water partition coefficient (Wildman–Crippen LogP) is 3.13. The second-order valence-electron chi connectivity index (χ2n) is 3.27. The predicted molar refractivity (Wildman–Crippen MR) is 80.7 cm³/mol. The van der Waals surface area contributed by atoms with Crippen LogP contribution in [0.2, 0.25) is 0 Å². The Hall–Kier alpha value is -1.02. The SMILES string of the molecule is CSc1nc(N)cc(Nc2ccccc2I)n1. The summed E-state index contributed by atoms with van der Waals surface area (Å²) in [7, 11) is 0. The number of anilines is 3. The molecular formula is C11H11IN4S. The third-order valence-electron chi connectivity index (χ3n) is 2.04. The first-order valence-electron chi connectivity index (χ1n) is 4.89. The van der Waals surface area contributed by atoms with Crippen LogP contribution in [-0.4, -0.2) is 16.2 Å². The molecule has 0 saturated heterocycles. The molecule has 0 aliphatic carbocycles. The summed E-state index contributed by atoms with van der Waals surface area (Å²) in [5, 5.41) is 3.90. The summed E-state index contributed by atoms with van der Waals surface area (Å²) >= 11 is 3.74. The van der Waals surface area contributed by atoms with E-state index in [1.807, 2.05) is 30.5 Å². The van der Waals surface area contributed by atoms with Crippen LogP contribution < -0.4 is 11.1 Å². The van der Waals surface area contributed by atoms with Gasteiger partial charge in [-0.1, -0.05) is 23.9 Å². The molecule has 17 heavy (non-hydrogen) atoms. The first kappa shape index (κ1) is 12.4. The zero-order valence-corrected chi connectivity index (χ0v) is 12.1. The van der Waals surface area contributed by atoms with Crippen molar-refractivity contribution in [2.24, 2.45) is 0 Å². The molecule has 0 fully saturated rings. The summed E-state index contributed by atoms with van der Waals surface area (Å²) in [6.07, 6.45) is 1.92. The van der Waals surface area contributed by atoms with Crippen LogP contribution in [0.1, 0.15) is 0 Å². The van der Waals surface area contributed by atoms with Crippen molar-refractivity contribution < 1.29 is 0 Å². The van der Waals surface area contributed by atoms with E-state index in [9.17, 15) is 0 Å². The van der Waals surface area contributed by atoms with Crippen molar-refractivity contribution in [3.63, 3.8) is 0 Å². The molecule has 4 nitrogen and oxygen atoms in total. The number of nitrogens with zero attached hydrogens (tertiary/aromatic N) is 2. The zero-order valence-electron chi connectivity index (χ0n) is 9.14. The minimum Gasteiger partial charge on any atom is -0.383 e. The monoisotopic (exact) mass is 358 g/mol. The molecule has 0 atom stereocenters. The van der Waals surface area contributed by atoms with Crippen molar-refractivity contribution in [2.45, 2.75) is 5.16 Å². The zero-order chi connectivity index (χ0) is 12.3. The topological polar surface area (TPSA) is 63.8 Å². The molecule has 0 bridgehead atoms. The van der Waals surface area contributed by atoms with Crippen LogP contribution in [-0.2, 0) is 0 Å². The van der Waals surface area contributed by atoms with Gasteiger partial charge in [0.05, 0.1) is 5.69 Å². The van der Waals surface area contributed by atoms with Crippen LogP contribution in [0.3, 0.4) is 0 Å². The summed E-state index contributed by atoms with van der Waals surface area (Å²) < 4.78 is 1.13. The van der Waals surface area contributed by atoms with Crippen molar-refractivity contribution in [3.8, 4) is 0 Å². The van der Waals surface area contributed by atoms with Crippen molar-refractivity contribution >= 4 is 51.7 Å². The molecule has 0 aliphatic heterocycles. The number of hydrogen-bond donors (Lipinski definition) is 2. The molecule has 1 aromatic carbocycles.